The summed E-state index contributed by atoms with van der Waals surface area (Å²) in [5.41, 5.74) is 4.01. The second-order valence-corrected chi connectivity index (χ2v) is 7.96. The Labute approximate surface area is 181 Å². The molecule has 2 aromatic heterocycles. The molecule has 1 aliphatic heterocycles. The zero-order valence-electron chi connectivity index (χ0n) is 17.8. The van der Waals surface area contributed by atoms with Gasteiger partial charge in [-0.05, 0) is 31.5 Å². The fraction of sp³-hybridized carbons (Fsp3) is 0.333. The number of carbonyl (C=O) groups excluding carboxylic acids is 2. The van der Waals surface area contributed by atoms with Gasteiger partial charge in [0.1, 0.15) is 0 Å². The first-order chi connectivity index (χ1) is 15.0. The number of aromatic nitrogens is 2. The molecule has 0 saturated heterocycles. The number of carbonyl (C=O) groups is 2. The first-order valence-electron chi connectivity index (χ1n) is 10.5. The van der Waals surface area contributed by atoms with Crippen LogP contribution < -0.4 is 5.32 Å². The van der Waals surface area contributed by atoms with Crippen molar-refractivity contribution in [2.75, 3.05) is 13.2 Å². The van der Waals surface area contributed by atoms with E-state index >= 15 is 0 Å². The van der Waals surface area contributed by atoms with Crippen LogP contribution in [0.2, 0.25) is 0 Å². The van der Waals surface area contributed by atoms with Gasteiger partial charge >= 0.3 is 5.97 Å². The highest BCUT2D eigenvalue weighted by Crippen LogP contribution is 2.29. The van der Waals surface area contributed by atoms with E-state index in [9.17, 15) is 9.59 Å². The van der Waals surface area contributed by atoms with Gasteiger partial charge in [0, 0.05) is 61.1 Å². The third-order valence-corrected chi connectivity index (χ3v) is 5.56. The summed E-state index contributed by atoms with van der Waals surface area (Å²) in [7, 11) is 0. The Morgan fingerprint density at radius 3 is 2.81 bits per heavy atom. The van der Waals surface area contributed by atoms with E-state index in [1.54, 1.807) is 18.5 Å². The number of hydrogen-bond donors (Lipinski definition) is 1. The number of pyridine rings is 2. The molecule has 0 spiro atoms. The maximum atomic E-state index is 13.1. The van der Waals surface area contributed by atoms with Gasteiger partial charge in [-0.25, -0.2) is 4.79 Å². The van der Waals surface area contributed by atoms with Gasteiger partial charge in [-0.3, -0.25) is 19.7 Å². The molecule has 3 heterocycles. The molecule has 7 heteroatoms. The number of hydrogen-bond acceptors (Lipinski definition) is 6. The Kier molecular flexibility index (Phi) is 6.23. The zero-order valence-corrected chi connectivity index (χ0v) is 17.8. The highest BCUT2D eigenvalue weighted by atomic mass is 16.5. The molecule has 0 aliphatic carbocycles. The predicted molar refractivity (Wildman–Crippen MR) is 117 cm³/mol. The summed E-state index contributed by atoms with van der Waals surface area (Å²) in [5, 5.41) is 3.51. The standard InChI is InChI=1S/C24H26N4O3/c1-16(2)28-11-9-21-19(14-28)23(18-7-3-4-8-20(18)27-21)24(30)31-15-22(29)26-13-17-6-5-10-25-12-17/h3-8,10,12,16H,9,11,13-15H2,1-2H3,(H,26,29). The second-order valence-electron chi connectivity index (χ2n) is 7.96. The lowest BCUT2D eigenvalue weighted by Crippen LogP contribution is -2.37. The molecule has 1 N–H and O–H groups in total. The normalized spacial score (nSPS) is 13.8. The Balaban J connectivity index is 1.53. The minimum absolute atomic E-state index is 0.334. The average molecular weight is 418 g/mol. The number of nitrogens with one attached hydrogen (secondary N) is 1. The summed E-state index contributed by atoms with van der Waals surface area (Å²) in [5.74, 6) is -0.842. The van der Waals surface area contributed by atoms with Crippen molar-refractivity contribution in [1.82, 2.24) is 20.2 Å². The van der Waals surface area contributed by atoms with Crippen LogP contribution in [-0.4, -0.2) is 45.9 Å². The maximum absolute atomic E-state index is 13.1. The number of ether oxygens (including phenoxy) is 1. The van der Waals surface area contributed by atoms with E-state index in [0.29, 0.717) is 24.7 Å². The minimum atomic E-state index is -0.489. The van der Waals surface area contributed by atoms with E-state index < -0.39 is 5.97 Å². The van der Waals surface area contributed by atoms with Gasteiger partial charge in [0.15, 0.2) is 6.61 Å². The molecule has 7 nitrogen and oxygen atoms in total. The summed E-state index contributed by atoms with van der Waals surface area (Å²) in [6.07, 6.45) is 4.14. The van der Waals surface area contributed by atoms with Gasteiger partial charge in [0.25, 0.3) is 5.91 Å². The fourth-order valence-electron chi connectivity index (χ4n) is 3.84. The Hall–Kier alpha value is -3.32. The summed E-state index contributed by atoms with van der Waals surface area (Å²) in [4.78, 5) is 36.5. The maximum Gasteiger partial charge on any atom is 0.339 e. The molecule has 1 aliphatic rings. The van der Waals surface area contributed by atoms with Crippen LogP contribution >= 0.6 is 0 Å². The third kappa shape index (κ3) is 4.72. The van der Waals surface area contributed by atoms with Gasteiger partial charge in [-0.1, -0.05) is 24.3 Å². The van der Waals surface area contributed by atoms with E-state index in [1.165, 1.54) is 0 Å². The van der Waals surface area contributed by atoms with Crippen LogP contribution in [0.3, 0.4) is 0 Å². The number of rotatable bonds is 6. The minimum Gasteiger partial charge on any atom is -0.452 e. The number of benzene rings is 1. The number of nitrogens with zero attached hydrogens (tertiary/aromatic N) is 3. The van der Waals surface area contributed by atoms with Crippen molar-refractivity contribution in [2.45, 2.75) is 39.4 Å². The van der Waals surface area contributed by atoms with E-state index in [-0.39, 0.29) is 12.5 Å². The molecule has 0 atom stereocenters. The monoisotopic (exact) mass is 418 g/mol. The molecular weight excluding hydrogens is 392 g/mol. The molecule has 1 aromatic carbocycles. The number of esters is 1. The molecule has 0 bridgehead atoms. The summed E-state index contributed by atoms with van der Waals surface area (Å²) in [6, 6.07) is 11.6. The molecule has 4 rings (SSSR count). The molecule has 0 fully saturated rings. The highest BCUT2D eigenvalue weighted by molar-refractivity contribution is 6.05. The number of para-hydroxylation sites is 1. The van der Waals surface area contributed by atoms with Crippen LogP contribution in [0, 0.1) is 0 Å². The fourth-order valence-corrected chi connectivity index (χ4v) is 3.84. The van der Waals surface area contributed by atoms with E-state index in [0.717, 1.165) is 40.7 Å². The summed E-state index contributed by atoms with van der Waals surface area (Å²) >= 11 is 0. The van der Waals surface area contributed by atoms with Crippen LogP contribution in [-0.2, 0) is 29.0 Å². The lowest BCUT2D eigenvalue weighted by Gasteiger charge is -2.32. The molecule has 3 aromatic rings. The number of amides is 1. The van der Waals surface area contributed by atoms with E-state index in [4.69, 9.17) is 9.72 Å². The van der Waals surface area contributed by atoms with E-state index in [2.05, 4.69) is 29.0 Å². The van der Waals surface area contributed by atoms with Gasteiger partial charge in [-0.2, -0.15) is 0 Å². The Morgan fingerprint density at radius 1 is 1.19 bits per heavy atom. The van der Waals surface area contributed by atoms with Gasteiger partial charge in [0.05, 0.1) is 11.1 Å². The van der Waals surface area contributed by atoms with Crippen molar-refractivity contribution in [3.05, 3.63) is 71.2 Å². The molecular formula is C24H26N4O3. The molecule has 0 saturated carbocycles. The van der Waals surface area contributed by atoms with Gasteiger partial charge in [-0.15, -0.1) is 0 Å². The number of fused-ring (bicyclic) bond motifs is 2. The predicted octanol–water partition coefficient (Wildman–Crippen LogP) is 2.87. The average Bonchev–Trinajstić information content (AvgIpc) is 2.79. The Bertz CT molecular complexity index is 1100. The van der Waals surface area contributed by atoms with Crippen molar-refractivity contribution in [3.63, 3.8) is 0 Å². The molecule has 0 radical (unpaired) electrons. The van der Waals surface area contributed by atoms with Crippen molar-refractivity contribution in [3.8, 4) is 0 Å². The van der Waals surface area contributed by atoms with Gasteiger partial charge < -0.3 is 10.1 Å². The van der Waals surface area contributed by atoms with Crippen molar-refractivity contribution in [2.24, 2.45) is 0 Å². The van der Waals surface area contributed by atoms with Gasteiger partial charge in [0.2, 0.25) is 0 Å². The smallest absolute Gasteiger partial charge is 0.339 e. The van der Waals surface area contributed by atoms with E-state index in [1.807, 2.05) is 30.3 Å². The SMILES string of the molecule is CC(C)N1CCc2nc3ccccc3c(C(=O)OCC(=O)NCc3cccnc3)c2C1. The molecule has 0 unspecified atom stereocenters. The van der Waals surface area contributed by atoms with Crippen LogP contribution in [0.15, 0.2) is 48.8 Å². The Morgan fingerprint density at radius 2 is 2.03 bits per heavy atom. The zero-order chi connectivity index (χ0) is 21.8. The van der Waals surface area contributed by atoms with Crippen molar-refractivity contribution in [1.29, 1.82) is 0 Å². The quantitative estimate of drug-likeness (QED) is 0.620. The van der Waals surface area contributed by atoms with Crippen LogP contribution in [0.25, 0.3) is 10.9 Å². The first-order valence-corrected chi connectivity index (χ1v) is 10.5. The molecule has 1 amide bonds. The van der Waals surface area contributed by atoms with Crippen molar-refractivity contribution >= 4 is 22.8 Å². The van der Waals surface area contributed by atoms with Crippen LogP contribution in [0.4, 0.5) is 0 Å². The lowest BCUT2D eigenvalue weighted by atomic mass is 9.95. The topological polar surface area (TPSA) is 84.4 Å². The van der Waals surface area contributed by atoms with Crippen molar-refractivity contribution < 1.29 is 14.3 Å². The first kappa shape index (κ1) is 20.9. The molecule has 31 heavy (non-hydrogen) atoms. The third-order valence-electron chi connectivity index (χ3n) is 5.56. The summed E-state index contributed by atoms with van der Waals surface area (Å²) in [6.45, 7) is 5.83. The molecule has 160 valence electrons. The van der Waals surface area contributed by atoms with Crippen LogP contribution in [0.5, 0.6) is 0 Å². The largest absolute Gasteiger partial charge is 0.452 e. The highest BCUT2D eigenvalue weighted by Gasteiger charge is 2.27. The second kappa shape index (κ2) is 9.22. The van der Waals surface area contributed by atoms with Crippen LogP contribution in [0.1, 0.15) is 41.0 Å². The lowest BCUT2D eigenvalue weighted by molar-refractivity contribution is -0.124. The summed E-state index contributed by atoms with van der Waals surface area (Å²) < 4.78 is 5.44.